The summed E-state index contributed by atoms with van der Waals surface area (Å²) < 4.78 is 7.30. The number of hydrogen-bond donors (Lipinski definition) is 1. The van der Waals surface area contributed by atoms with Crippen molar-refractivity contribution in [3.63, 3.8) is 0 Å². The number of esters is 1. The third-order valence-corrected chi connectivity index (χ3v) is 4.52. The summed E-state index contributed by atoms with van der Waals surface area (Å²) in [4.78, 5) is 24.2. The van der Waals surface area contributed by atoms with Crippen molar-refractivity contribution in [1.29, 1.82) is 5.26 Å². The van der Waals surface area contributed by atoms with Crippen molar-refractivity contribution in [2.24, 2.45) is 0 Å². The molecule has 0 spiro atoms. The third-order valence-electron chi connectivity index (χ3n) is 4.52. The van der Waals surface area contributed by atoms with Gasteiger partial charge in [0.2, 0.25) is 5.91 Å². The molecule has 0 fully saturated rings. The van der Waals surface area contributed by atoms with Gasteiger partial charge in [0.05, 0.1) is 23.2 Å². The molecule has 1 aromatic heterocycles. The Kier molecular flexibility index (Phi) is 6.10. The standard InChI is InChI=1S/C23H21N3O3/c1-16-7-8-17(2)26(16)20-11-9-18(10-12-20)23(28)29-14-13-22(27)25-21-6-4-3-5-19(21)15-24/h3-12H,13-14H2,1-2H3,(H,25,27). The Balaban J connectivity index is 1.53. The Morgan fingerprint density at radius 2 is 1.66 bits per heavy atom. The molecule has 0 saturated carbocycles. The summed E-state index contributed by atoms with van der Waals surface area (Å²) in [5.74, 6) is -0.808. The Labute approximate surface area is 169 Å². The summed E-state index contributed by atoms with van der Waals surface area (Å²) >= 11 is 0. The minimum Gasteiger partial charge on any atom is -0.462 e. The molecule has 1 heterocycles. The zero-order chi connectivity index (χ0) is 20.8. The minimum absolute atomic E-state index is 0.00530. The molecule has 3 aromatic rings. The largest absolute Gasteiger partial charge is 0.462 e. The first-order valence-corrected chi connectivity index (χ1v) is 9.21. The lowest BCUT2D eigenvalue weighted by atomic mass is 10.2. The minimum atomic E-state index is -0.484. The van der Waals surface area contributed by atoms with Crippen LogP contribution in [-0.2, 0) is 9.53 Å². The van der Waals surface area contributed by atoms with Gasteiger partial charge in [-0.25, -0.2) is 4.79 Å². The smallest absolute Gasteiger partial charge is 0.338 e. The molecule has 0 aliphatic heterocycles. The van der Waals surface area contributed by atoms with E-state index in [1.54, 1.807) is 36.4 Å². The number of rotatable bonds is 6. The molecule has 3 rings (SSSR count). The van der Waals surface area contributed by atoms with Gasteiger partial charge in [0.1, 0.15) is 12.7 Å². The normalized spacial score (nSPS) is 10.2. The summed E-state index contributed by atoms with van der Waals surface area (Å²) in [6.45, 7) is 4.00. The maximum atomic E-state index is 12.2. The zero-order valence-corrected chi connectivity index (χ0v) is 16.3. The van der Waals surface area contributed by atoms with Gasteiger partial charge >= 0.3 is 5.97 Å². The van der Waals surface area contributed by atoms with Crippen molar-refractivity contribution in [3.8, 4) is 11.8 Å². The number of para-hydroxylation sites is 1. The quantitative estimate of drug-likeness (QED) is 0.644. The van der Waals surface area contributed by atoms with E-state index in [4.69, 9.17) is 10.00 Å². The second-order valence-electron chi connectivity index (χ2n) is 6.59. The van der Waals surface area contributed by atoms with Crippen LogP contribution in [0.25, 0.3) is 5.69 Å². The molecule has 0 bridgehead atoms. The fourth-order valence-corrected chi connectivity index (χ4v) is 3.04. The average molecular weight is 387 g/mol. The number of aryl methyl sites for hydroxylation is 2. The van der Waals surface area contributed by atoms with Crippen LogP contribution in [0.15, 0.2) is 60.7 Å². The van der Waals surface area contributed by atoms with Gasteiger partial charge in [-0.3, -0.25) is 4.79 Å². The maximum Gasteiger partial charge on any atom is 0.338 e. The first-order chi connectivity index (χ1) is 14.0. The lowest BCUT2D eigenvalue weighted by Gasteiger charge is -2.10. The van der Waals surface area contributed by atoms with Crippen LogP contribution in [0.4, 0.5) is 5.69 Å². The molecule has 0 saturated heterocycles. The van der Waals surface area contributed by atoms with Gasteiger partial charge in [-0.2, -0.15) is 5.26 Å². The maximum absolute atomic E-state index is 12.2. The molecule has 6 nitrogen and oxygen atoms in total. The number of nitriles is 1. The summed E-state index contributed by atoms with van der Waals surface area (Å²) in [7, 11) is 0. The number of benzene rings is 2. The number of ether oxygens (including phenoxy) is 1. The second-order valence-corrected chi connectivity index (χ2v) is 6.59. The number of carbonyl (C=O) groups is 2. The lowest BCUT2D eigenvalue weighted by molar-refractivity contribution is -0.116. The van der Waals surface area contributed by atoms with Crippen molar-refractivity contribution >= 4 is 17.6 Å². The molecule has 1 N–H and O–H groups in total. The highest BCUT2D eigenvalue weighted by atomic mass is 16.5. The summed E-state index contributed by atoms with van der Waals surface area (Å²) in [5.41, 5.74) is 4.44. The first-order valence-electron chi connectivity index (χ1n) is 9.21. The zero-order valence-electron chi connectivity index (χ0n) is 16.3. The van der Waals surface area contributed by atoms with Crippen molar-refractivity contribution in [3.05, 3.63) is 83.2 Å². The molecule has 6 heteroatoms. The van der Waals surface area contributed by atoms with Crippen molar-refractivity contribution in [1.82, 2.24) is 4.57 Å². The number of aromatic nitrogens is 1. The van der Waals surface area contributed by atoms with E-state index in [0.717, 1.165) is 17.1 Å². The lowest BCUT2D eigenvalue weighted by Crippen LogP contribution is -2.16. The van der Waals surface area contributed by atoms with E-state index in [1.165, 1.54) is 0 Å². The monoisotopic (exact) mass is 387 g/mol. The van der Waals surface area contributed by atoms with Crippen LogP contribution in [0, 0.1) is 25.2 Å². The van der Waals surface area contributed by atoms with Crippen LogP contribution in [0.2, 0.25) is 0 Å². The third kappa shape index (κ3) is 4.71. The Morgan fingerprint density at radius 1 is 1.00 bits per heavy atom. The van der Waals surface area contributed by atoms with Crippen molar-refractivity contribution in [2.45, 2.75) is 20.3 Å². The van der Waals surface area contributed by atoms with Crippen LogP contribution in [0.5, 0.6) is 0 Å². The van der Waals surface area contributed by atoms with E-state index in [0.29, 0.717) is 16.8 Å². The van der Waals surface area contributed by atoms with Crippen molar-refractivity contribution < 1.29 is 14.3 Å². The molecule has 0 radical (unpaired) electrons. The Morgan fingerprint density at radius 3 is 2.31 bits per heavy atom. The van der Waals surface area contributed by atoms with Gasteiger partial charge in [-0.05, 0) is 62.4 Å². The van der Waals surface area contributed by atoms with Crippen LogP contribution >= 0.6 is 0 Å². The highest BCUT2D eigenvalue weighted by molar-refractivity contribution is 5.93. The van der Waals surface area contributed by atoms with Crippen molar-refractivity contribution in [2.75, 3.05) is 11.9 Å². The predicted octanol–water partition coefficient (Wildman–Crippen LogP) is 4.15. The van der Waals surface area contributed by atoms with Gasteiger partial charge in [0.15, 0.2) is 0 Å². The van der Waals surface area contributed by atoms with Crippen LogP contribution in [0.1, 0.15) is 33.7 Å². The molecule has 1 amide bonds. The van der Waals surface area contributed by atoms with E-state index in [1.807, 2.05) is 44.2 Å². The molecular formula is C23H21N3O3. The molecule has 29 heavy (non-hydrogen) atoms. The van der Waals surface area contributed by atoms with Gasteiger partial charge in [-0.15, -0.1) is 0 Å². The highest BCUT2D eigenvalue weighted by Gasteiger charge is 2.11. The Bertz CT molecular complexity index is 1060. The molecule has 0 unspecified atom stereocenters. The van der Waals surface area contributed by atoms with E-state index in [9.17, 15) is 9.59 Å². The number of amides is 1. The summed E-state index contributed by atoms with van der Waals surface area (Å²) in [6.07, 6.45) is 0.00530. The van der Waals surface area contributed by atoms with E-state index < -0.39 is 5.97 Å². The predicted molar refractivity (Wildman–Crippen MR) is 110 cm³/mol. The first kappa shape index (κ1) is 19.9. The van der Waals surface area contributed by atoms with Gasteiger partial charge in [-0.1, -0.05) is 12.1 Å². The fraction of sp³-hybridized carbons (Fsp3) is 0.174. The highest BCUT2D eigenvalue weighted by Crippen LogP contribution is 2.17. The van der Waals surface area contributed by atoms with Crippen LogP contribution in [-0.4, -0.2) is 23.1 Å². The number of hydrogen-bond acceptors (Lipinski definition) is 4. The topological polar surface area (TPSA) is 84.1 Å². The van der Waals surface area contributed by atoms with Crippen LogP contribution in [0.3, 0.4) is 0 Å². The van der Waals surface area contributed by atoms with Gasteiger partial charge < -0.3 is 14.6 Å². The van der Waals surface area contributed by atoms with Gasteiger partial charge in [0.25, 0.3) is 0 Å². The number of anilines is 1. The molecule has 146 valence electrons. The molecule has 0 aliphatic rings. The molecule has 0 atom stereocenters. The summed E-state index contributed by atoms with van der Waals surface area (Å²) in [6, 6.07) is 20.0. The second kappa shape index (κ2) is 8.89. The number of nitrogens with zero attached hydrogens (tertiary/aromatic N) is 2. The van der Waals surface area contributed by atoms with Crippen LogP contribution < -0.4 is 5.32 Å². The molecule has 0 aliphatic carbocycles. The van der Waals surface area contributed by atoms with Gasteiger partial charge in [0, 0.05) is 17.1 Å². The fourth-order valence-electron chi connectivity index (χ4n) is 3.04. The van der Waals surface area contributed by atoms with E-state index in [2.05, 4.69) is 9.88 Å². The molecule has 2 aromatic carbocycles. The number of carbonyl (C=O) groups excluding carboxylic acids is 2. The Hall–Kier alpha value is -3.85. The summed E-state index contributed by atoms with van der Waals surface area (Å²) in [5, 5.41) is 11.7. The molecular weight excluding hydrogens is 366 g/mol. The average Bonchev–Trinajstić information content (AvgIpc) is 3.06. The van der Waals surface area contributed by atoms with E-state index in [-0.39, 0.29) is 18.9 Å². The SMILES string of the molecule is Cc1ccc(C)n1-c1ccc(C(=O)OCCC(=O)Nc2ccccc2C#N)cc1. The number of nitrogens with one attached hydrogen (secondary N) is 1. The van der Waals surface area contributed by atoms with E-state index >= 15 is 0 Å².